The minimum absolute atomic E-state index is 0.375. The van der Waals surface area contributed by atoms with E-state index in [-0.39, 0.29) is 0 Å². The first-order valence-corrected chi connectivity index (χ1v) is 3.13. The summed E-state index contributed by atoms with van der Waals surface area (Å²) >= 11 is 0. The molecule has 10 heavy (non-hydrogen) atoms. The zero-order valence-electron chi connectivity index (χ0n) is 5.86. The summed E-state index contributed by atoms with van der Waals surface area (Å²) in [4.78, 5) is 0. The summed E-state index contributed by atoms with van der Waals surface area (Å²) in [6.45, 7) is 1.69. The van der Waals surface area contributed by atoms with E-state index >= 15 is 0 Å². The highest BCUT2D eigenvalue weighted by Gasteiger charge is 2.20. The van der Waals surface area contributed by atoms with Crippen LogP contribution in [0.2, 0.25) is 0 Å². The fourth-order valence-electron chi connectivity index (χ4n) is 0.551. The number of hydrogen-bond acceptors (Lipinski definition) is 3. The lowest BCUT2D eigenvalue weighted by Crippen LogP contribution is -2.35. The molecule has 3 atom stereocenters. The molecule has 0 spiro atoms. The third-order valence-electron chi connectivity index (χ3n) is 1.31. The van der Waals surface area contributed by atoms with Gasteiger partial charge in [-0.05, 0) is 6.42 Å². The van der Waals surface area contributed by atoms with E-state index < -0.39 is 18.3 Å². The molecule has 3 heteroatoms. The molecular weight excluding hydrogens is 132 g/mol. The molecule has 0 aromatic carbocycles. The Balaban J connectivity index is 3.84. The van der Waals surface area contributed by atoms with Gasteiger partial charge in [0, 0.05) is 0 Å². The third-order valence-corrected chi connectivity index (χ3v) is 1.31. The summed E-state index contributed by atoms with van der Waals surface area (Å²) in [5, 5.41) is 26.6. The molecule has 0 bridgehead atoms. The molecule has 0 unspecified atom stereocenters. The highest BCUT2D eigenvalue weighted by atomic mass is 16.4. The molecule has 0 amide bonds. The topological polar surface area (TPSA) is 60.7 Å². The van der Waals surface area contributed by atoms with Gasteiger partial charge in [0.15, 0.2) is 0 Å². The first kappa shape index (κ1) is 9.44. The predicted molar refractivity (Wildman–Crippen MR) is 37.1 cm³/mol. The van der Waals surface area contributed by atoms with Gasteiger partial charge in [-0.1, -0.05) is 12.8 Å². The Morgan fingerprint density at radius 1 is 1.40 bits per heavy atom. The molecule has 0 heterocycles. The van der Waals surface area contributed by atoms with Crippen molar-refractivity contribution in [3.8, 4) is 12.3 Å². The van der Waals surface area contributed by atoms with E-state index in [9.17, 15) is 0 Å². The van der Waals surface area contributed by atoms with Crippen molar-refractivity contribution in [2.45, 2.75) is 31.7 Å². The van der Waals surface area contributed by atoms with Crippen LogP contribution in [0, 0.1) is 12.3 Å². The summed E-state index contributed by atoms with van der Waals surface area (Å²) in [5.41, 5.74) is 0. The molecular formula is C7H12O3. The number of hydrogen-bond donors (Lipinski definition) is 3. The van der Waals surface area contributed by atoms with Crippen LogP contribution in [-0.2, 0) is 0 Å². The molecule has 0 radical (unpaired) electrons. The molecule has 0 rings (SSSR count). The first-order valence-electron chi connectivity index (χ1n) is 3.13. The van der Waals surface area contributed by atoms with Gasteiger partial charge in [0.05, 0.1) is 6.10 Å². The van der Waals surface area contributed by atoms with Crippen LogP contribution in [0.15, 0.2) is 0 Å². The molecule has 0 saturated carbocycles. The molecule has 0 aromatic heterocycles. The van der Waals surface area contributed by atoms with Gasteiger partial charge in [-0.2, -0.15) is 0 Å². The van der Waals surface area contributed by atoms with E-state index in [1.807, 2.05) is 5.92 Å². The van der Waals surface area contributed by atoms with Gasteiger partial charge in [0.1, 0.15) is 12.2 Å². The van der Waals surface area contributed by atoms with Crippen molar-refractivity contribution >= 4 is 0 Å². The second kappa shape index (κ2) is 4.29. The van der Waals surface area contributed by atoms with Gasteiger partial charge in [0.2, 0.25) is 0 Å². The zero-order valence-corrected chi connectivity index (χ0v) is 5.86. The van der Waals surface area contributed by atoms with Crippen LogP contribution in [-0.4, -0.2) is 33.6 Å². The second-order valence-electron chi connectivity index (χ2n) is 2.08. The maximum atomic E-state index is 8.94. The van der Waals surface area contributed by atoms with E-state index in [0.29, 0.717) is 6.42 Å². The standard InChI is InChI=1S/C7H12O3/c1-3-5(8)7(10)6(9)4-2/h1,5-10H,4H2,2H3/t5-,6+,7-/m0/s1. The smallest absolute Gasteiger partial charge is 0.142 e. The van der Waals surface area contributed by atoms with Gasteiger partial charge in [-0.15, -0.1) is 6.42 Å². The normalized spacial score (nSPS) is 19.1. The van der Waals surface area contributed by atoms with Crippen molar-refractivity contribution < 1.29 is 15.3 Å². The average Bonchev–Trinajstić information content (AvgIpc) is 2.00. The molecule has 3 nitrogen and oxygen atoms in total. The summed E-state index contributed by atoms with van der Waals surface area (Å²) in [6.07, 6.45) is 1.73. The van der Waals surface area contributed by atoms with Crippen LogP contribution in [0.3, 0.4) is 0 Å². The fourth-order valence-corrected chi connectivity index (χ4v) is 0.551. The van der Waals surface area contributed by atoms with Crippen molar-refractivity contribution in [1.29, 1.82) is 0 Å². The van der Waals surface area contributed by atoms with Crippen LogP contribution in [0.4, 0.5) is 0 Å². The molecule has 0 aliphatic carbocycles. The van der Waals surface area contributed by atoms with E-state index in [1.54, 1.807) is 6.92 Å². The van der Waals surface area contributed by atoms with Crippen molar-refractivity contribution in [1.82, 2.24) is 0 Å². The Bertz CT molecular complexity index is 127. The molecule has 0 saturated heterocycles. The molecule has 0 fully saturated rings. The van der Waals surface area contributed by atoms with Crippen molar-refractivity contribution in [3.05, 3.63) is 0 Å². The molecule has 0 aliphatic rings. The van der Waals surface area contributed by atoms with Crippen molar-refractivity contribution in [2.24, 2.45) is 0 Å². The van der Waals surface area contributed by atoms with Crippen LogP contribution in [0.5, 0.6) is 0 Å². The maximum Gasteiger partial charge on any atom is 0.142 e. The van der Waals surface area contributed by atoms with Gasteiger partial charge in [-0.25, -0.2) is 0 Å². The molecule has 0 aromatic rings. The minimum atomic E-state index is -1.27. The largest absolute Gasteiger partial charge is 0.390 e. The second-order valence-corrected chi connectivity index (χ2v) is 2.08. The first-order chi connectivity index (χ1) is 4.63. The minimum Gasteiger partial charge on any atom is -0.390 e. The Kier molecular flexibility index (Phi) is 4.05. The predicted octanol–water partition coefficient (Wildman–Crippen LogP) is -0.888. The lowest BCUT2D eigenvalue weighted by molar-refractivity contribution is -0.0386. The van der Waals surface area contributed by atoms with E-state index in [2.05, 4.69) is 0 Å². The highest BCUT2D eigenvalue weighted by Crippen LogP contribution is 2.02. The van der Waals surface area contributed by atoms with E-state index in [0.717, 1.165) is 0 Å². The highest BCUT2D eigenvalue weighted by molar-refractivity contribution is 4.98. The number of aliphatic hydroxyl groups excluding tert-OH is 3. The lowest BCUT2D eigenvalue weighted by atomic mass is 10.1. The van der Waals surface area contributed by atoms with Gasteiger partial charge < -0.3 is 15.3 Å². The van der Waals surface area contributed by atoms with Gasteiger partial charge in [-0.3, -0.25) is 0 Å². The quantitative estimate of drug-likeness (QED) is 0.450. The van der Waals surface area contributed by atoms with Crippen LogP contribution in [0.25, 0.3) is 0 Å². The number of rotatable bonds is 3. The Hall–Kier alpha value is -0.560. The average molecular weight is 144 g/mol. The molecule has 0 aliphatic heterocycles. The Labute approximate surface area is 60.3 Å². The zero-order chi connectivity index (χ0) is 8.15. The SMILES string of the molecule is C#C[C@H](O)[C@H](O)[C@H](O)CC. The summed E-state index contributed by atoms with van der Waals surface area (Å²) in [5.74, 6) is 1.93. The summed E-state index contributed by atoms with van der Waals surface area (Å²) in [7, 11) is 0. The Morgan fingerprint density at radius 3 is 2.20 bits per heavy atom. The summed E-state index contributed by atoms with van der Waals surface area (Å²) < 4.78 is 0. The monoisotopic (exact) mass is 144 g/mol. The van der Waals surface area contributed by atoms with Crippen LogP contribution >= 0.6 is 0 Å². The van der Waals surface area contributed by atoms with Crippen molar-refractivity contribution in [3.63, 3.8) is 0 Å². The number of aliphatic hydroxyl groups is 3. The lowest BCUT2D eigenvalue weighted by Gasteiger charge is -2.17. The van der Waals surface area contributed by atoms with Crippen molar-refractivity contribution in [2.75, 3.05) is 0 Å². The number of terminal acetylenes is 1. The Morgan fingerprint density at radius 2 is 1.90 bits per heavy atom. The molecule has 58 valence electrons. The maximum absolute atomic E-state index is 8.94. The third kappa shape index (κ3) is 2.36. The van der Waals surface area contributed by atoms with Crippen LogP contribution in [0.1, 0.15) is 13.3 Å². The van der Waals surface area contributed by atoms with E-state index in [1.165, 1.54) is 0 Å². The fraction of sp³-hybridized carbons (Fsp3) is 0.714. The van der Waals surface area contributed by atoms with Crippen LogP contribution < -0.4 is 0 Å². The van der Waals surface area contributed by atoms with E-state index in [4.69, 9.17) is 21.7 Å². The van der Waals surface area contributed by atoms with Gasteiger partial charge in [0.25, 0.3) is 0 Å². The van der Waals surface area contributed by atoms with Gasteiger partial charge >= 0.3 is 0 Å². The molecule has 3 N–H and O–H groups in total. The summed E-state index contributed by atoms with van der Waals surface area (Å²) in [6, 6.07) is 0.